The van der Waals surface area contributed by atoms with Crippen LogP contribution in [0, 0.1) is 0 Å². The molecule has 0 radical (unpaired) electrons. The van der Waals surface area contributed by atoms with E-state index in [0.29, 0.717) is 22.0 Å². The Kier molecular flexibility index (Phi) is 5.22. The summed E-state index contributed by atoms with van der Waals surface area (Å²) in [7, 11) is 0. The number of rotatable bonds is 5. The molecule has 4 aromatic rings. The molecular weight excluding hydrogens is 372 g/mol. The molecular formula is C23H17ClN2O2. The molecule has 1 heterocycles. The van der Waals surface area contributed by atoms with E-state index >= 15 is 0 Å². The third-order valence-electron chi connectivity index (χ3n) is 4.38. The van der Waals surface area contributed by atoms with E-state index in [1.165, 1.54) is 0 Å². The molecule has 28 heavy (non-hydrogen) atoms. The average Bonchev–Trinajstić information content (AvgIpc) is 3.22. The van der Waals surface area contributed by atoms with E-state index in [2.05, 4.69) is 22.6 Å². The zero-order chi connectivity index (χ0) is 19.3. The third-order valence-corrected chi connectivity index (χ3v) is 4.71. The van der Waals surface area contributed by atoms with Crippen LogP contribution < -0.4 is 5.32 Å². The predicted octanol–water partition coefficient (Wildman–Crippen LogP) is 5.59. The van der Waals surface area contributed by atoms with Gasteiger partial charge in [0.05, 0.1) is 17.1 Å². The monoisotopic (exact) mass is 388 g/mol. The summed E-state index contributed by atoms with van der Waals surface area (Å²) in [4.78, 5) is 12.2. The van der Waals surface area contributed by atoms with E-state index < -0.39 is 0 Å². The van der Waals surface area contributed by atoms with Crippen molar-refractivity contribution in [2.24, 2.45) is 0 Å². The zero-order valence-corrected chi connectivity index (χ0v) is 15.7. The highest BCUT2D eigenvalue weighted by Crippen LogP contribution is 2.25. The first-order chi connectivity index (χ1) is 13.7. The van der Waals surface area contributed by atoms with Crippen molar-refractivity contribution in [1.29, 1.82) is 0 Å². The Morgan fingerprint density at radius 3 is 2.25 bits per heavy atom. The van der Waals surface area contributed by atoms with Gasteiger partial charge >= 0.3 is 0 Å². The number of carbonyl (C=O) groups is 1. The number of nitrogens with zero attached hydrogens (tertiary/aromatic N) is 1. The zero-order valence-electron chi connectivity index (χ0n) is 14.9. The van der Waals surface area contributed by atoms with Crippen LogP contribution >= 0.6 is 11.6 Å². The molecule has 0 fully saturated rings. The molecule has 0 atom stereocenters. The van der Waals surface area contributed by atoms with Crippen LogP contribution in [0.5, 0.6) is 0 Å². The molecule has 1 N–H and O–H groups in total. The predicted molar refractivity (Wildman–Crippen MR) is 110 cm³/mol. The van der Waals surface area contributed by atoms with Gasteiger partial charge in [-0.3, -0.25) is 4.79 Å². The summed E-state index contributed by atoms with van der Waals surface area (Å²) in [5.74, 6) is 0.406. The number of nitrogens with one attached hydrogen (secondary N) is 1. The molecule has 0 spiro atoms. The van der Waals surface area contributed by atoms with Gasteiger partial charge in [-0.05, 0) is 23.3 Å². The Morgan fingerprint density at radius 2 is 1.50 bits per heavy atom. The van der Waals surface area contributed by atoms with Gasteiger partial charge in [0.1, 0.15) is 5.69 Å². The standard InChI is InChI=1S/C23H17ClN2O2/c24-21-9-5-4-8-20(21)23(27)25-15-19-14-22(28-26-19)18-12-10-17(11-13-18)16-6-2-1-3-7-16/h1-14H,15H2,(H,25,27). The first-order valence-corrected chi connectivity index (χ1v) is 9.23. The van der Waals surface area contributed by atoms with Gasteiger partial charge in [0.15, 0.2) is 5.76 Å². The van der Waals surface area contributed by atoms with Crippen molar-refractivity contribution in [1.82, 2.24) is 10.5 Å². The largest absolute Gasteiger partial charge is 0.356 e. The van der Waals surface area contributed by atoms with Crippen LogP contribution in [0.3, 0.4) is 0 Å². The van der Waals surface area contributed by atoms with Crippen molar-refractivity contribution in [2.45, 2.75) is 6.54 Å². The molecule has 5 heteroatoms. The summed E-state index contributed by atoms with van der Waals surface area (Å²) >= 11 is 6.05. The summed E-state index contributed by atoms with van der Waals surface area (Å²) in [6, 6.07) is 27.0. The lowest BCUT2D eigenvalue weighted by Crippen LogP contribution is -2.23. The van der Waals surface area contributed by atoms with Crippen molar-refractivity contribution in [2.75, 3.05) is 0 Å². The van der Waals surface area contributed by atoms with Crippen LogP contribution in [-0.2, 0) is 6.54 Å². The summed E-state index contributed by atoms with van der Waals surface area (Å²) < 4.78 is 5.43. The summed E-state index contributed by atoms with van der Waals surface area (Å²) in [6.45, 7) is 0.260. The van der Waals surface area contributed by atoms with Gasteiger partial charge in [-0.2, -0.15) is 0 Å². The number of hydrogen-bond acceptors (Lipinski definition) is 3. The Labute approximate surface area is 167 Å². The van der Waals surface area contributed by atoms with E-state index in [9.17, 15) is 4.79 Å². The van der Waals surface area contributed by atoms with Crippen molar-refractivity contribution in [3.05, 3.63) is 101 Å². The Hall–Kier alpha value is -3.37. The molecule has 4 nitrogen and oxygen atoms in total. The number of amides is 1. The summed E-state index contributed by atoms with van der Waals surface area (Å²) in [6.07, 6.45) is 0. The fraction of sp³-hybridized carbons (Fsp3) is 0.0435. The molecule has 3 aromatic carbocycles. The second-order valence-electron chi connectivity index (χ2n) is 6.29. The lowest BCUT2D eigenvalue weighted by atomic mass is 10.0. The van der Waals surface area contributed by atoms with Crippen LogP contribution in [0.15, 0.2) is 89.5 Å². The highest BCUT2D eigenvalue weighted by atomic mass is 35.5. The number of benzene rings is 3. The van der Waals surface area contributed by atoms with Crippen LogP contribution in [0.2, 0.25) is 5.02 Å². The normalized spacial score (nSPS) is 10.6. The van der Waals surface area contributed by atoms with E-state index in [1.807, 2.05) is 48.5 Å². The lowest BCUT2D eigenvalue weighted by Gasteiger charge is -2.04. The lowest BCUT2D eigenvalue weighted by molar-refractivity contribution is 0.0950. The first kappa shape index (κ1) is 18.0. The second kappa shape index (κ2) is 8.11. The van der Waals surface area contributed by atoms with Crippen LogP contribution in [0.25, 0.3) is 22.5 Å². The van der Waals surface area contributed by atoms with E-state index in [4.69, 9.17) is 16.1 Å². The minimum Gasteiger partial charge on any atom is -0.356 e. The highest BCUT2D eigenvalue weighted by molar-refractivity contribution is 6.33. The van der Waals surface area contributed by atoms with Gasteiger partial charge < -0.3 is 9.84 Å². The van der Waals surface area contributed by atoms with Gasteiger partial charge in [0, 0.05) is 11.6 Å². The number of halogens is 1. The van der Waals surface area contributed by atoms with Gasteiger partial charge in [-0.1, -0.05) is 83.5 Å². The van der Waals surface area contributed by atoms with Gasteiger partial charge in [-0.25, -0.2) is 0 Å². The third kappa shape index (κ3) is 3.97. The minimum atomic E-state index is -0.248. The van der Waals surface area contributed by atoms with E-state index in [-0.39, 0.29) is 12.5 Å². The van der Waals surface area contributed by atoms with Crippen LogP contribution in [0.1, 0.15) is 16.1 Å². The van der Waals surface area contributed by atoms with Crippen LogP contribution in [0.4, 0.5) is 0 Å². The number of aromatic nitrogens is 1. The van der Waals surface area contributed by atoms with Gasteiger partial charge in [0.2, 0.25) is 0 Å². The second-order valence-corrected chi connectivity index (χ2v) is 6.70. The number of carbonyl (C=O) groups excluding carboxylic acids is 1. The fourth-order valence-electron chi connectivity index (χ4n) is 2.90. The Balaban J connectivity index is 1.43. The molecule has 0 aliphatic rings. The SMILES string of the molecule is O=C(NCc1cc(-c2ccc(-c3ccccc3)cc2)on1)c1ccccc1Cl. The van der Waals surface area contributed by atoms with Crippen molar-refractivity contribution in [3.8, 4) is 22.5 Å². The molecule has 0 saturated carbocycles. The van der Waals surface area contributed by atoms with E-state index in [1.54, 1.807) is 24.3 Å². The summed E-state index contributed by atoms with van der Waals surface area (Å²) in [5, 5.41) is 7.26. The fourth-order valence-corrected chi connectivity index (χ4v) is 3.12. The average molecular weight is 389 g/mol. The minimum absolute atomic E-state index is 0.248. The molecule has 0 aliphatic heterocycles. The molecule has 0 saturated heterocycles. The molecule has 0 unspecified atom stereocenters. The van der Waals surface area contributed by atoms with Crippen molar-refractivity contribution < 1.29 is 9.32 Å². The van der Waals surface area contributed by atoms with Crippen LogP contribution in [-0.4, -0.2) is 11.1 Å². The maximum atomic E-state index is 12.2. The molecule has 0 bridgehead atoms. The molecule has 4 rings (SSSR count). The van der Waals surface area contributed by atoms with Gasteiger partial charge in [0.25, 0.3) is 5.91 Å². The molecule has 1 amide bonds. The van der Waals surface area contributed by atoms with Crippen molar-refractivity contribution in [3.63, 3.8) is 0 Å². The molecule has 1 aromatic heterocycles. The highest BCUT2D eigenvalue weighted by Gasteiger charge is 2.11. The van der Waals surface area contributed by atoms with E-state index in [0.717, 1.165) is 16.7 Å². The Bertz CT molecular complexity index is 1090. The molecule has 0 aliphatic carbocycles. The maximum Gasteiger partial charge on any atom is 0.253 e. The van der Waals surface area contributed by atoms with Crippen molar-refractivity contribution >= 4 is 17.5 Å². The summed E-state index contributed by atoms with van der Waals surface area (Å²) in [5.41, 5.74) is 4.30. The smallest absolute Gasteiger partial charge is 0.253 e. The topological polar surface area (TPSA) is 55.1 Å². The maximum absolute atomic E-state index is 12.2. The number of hydrogen-bond donors (Lipinski definition) is 1. The quantitative estimate of drug-likeness (QED) is 0.484. The first-order valence-electron chi connectivity index (χ1n) is 8.85. The molecule has 138 valence electrons. The van der Waals surface area contributed by atoms with Gasteiger partial charge in [-0.15, -0.1) is 0 Å². The Morgan fingerprint density at radius 1 is 0.857 bits per heavy atom.